The summed E-state index contributed by atoms with van der Waals surface area (Å²) in [5.74, 6) is -0.232. The summed E-state index contributed by atoms with van der Waals surface area (Å²) in [6.45, 7) is 0.333. The van der Waals surface area contributed by atoms with Crippen LogP contribution in [0.15, 0.2) is 71.7 Å². The number of hydrogen-bond acceptors (Lipinski definition) is 4. The molecule has 0 unspecified atom stereocenters. The van der Waals surface area contributed by atoms with E-state index >= 15 is 0 Å². The monoisotopic (exact) mass is 433 g/mol. The minimum absolute atomic E-state index is 0.156. The van der Waals surface area contributed by atoms with Crippen molar-refractivity contribution < 1.29 is 27.0 Å². The average molecular weight is 433 g/mol. The van der Waals surface area contributed by atoms with Gasteiger partial charge in [0.05, 0.1) is 6.54 Å². The van der Waals surface area contributed by atoms with Crippen LogP contribution in [0.1, 0.15) is 0 Å². The van der Waals surface area contributed by atoms with Gasteiger partial charge in [-0.05, 0) is 59.7 Å². The van der Waals surface area contributed by atoms with Gasteiger partial charge in [-0.1, -0.05) is 12.1 Å². The standard InChI is InChI=1S/C21H15F4N3O3/c22-16-4-8-17(9-5-16)30-12-11-28-20(29)27-13-15(3-10-19(27)26-28)14-1-6-18(7-2-14)31-21(23,24)25/h1-10,13H,11-12H2. The van der Waals surface area contributed by atoms with E-state index in [0.717, 1.165) is 0 Å². The first-order valence-electron chi connectivity index (χ1n) is 9.12. The fourth-order valence-electron chi connectivity index (χ4n) is 2.96. The molecule has 0 aliphatic rings. The third kappa shape index (κ3) is 4.85. The lowest BCUT2D eigenvalue weighted by Gasteiger charge is -2.09. The van der Waals surface area contributed by atoms with Gasteiger partial charge in [0.2, 0.25) is 0 Å². The molecule has 0 saturated heterocycles. The number of benzene rings is 2. The Morgan fingerprint density at radius 2 is 1.52 bits per heavy atom. The molecule has 2 heterocycles. The number of alkyl halides is 3. The van der Waals surface area contributed by atoms with E-state index in [1.54, 1.807) is 18.3 Å². The Morgan fingerprint density at radius 1 is 0.871 bits per heavy atom. The third-order valence-electron chi connectivity index (χ3n) is 4.38. The van der Waals surface area contributed by atoms with Crippen molar-refractivity contribution in [2.75, 3.05) is 6.61 Å². The van der Waals surface area contributed by atoms with Gasteiger partial charge in [-0.15, -0.1) is 18.3 Å². The zero-order valence-corrected chi connectivity index (χ0v) is 15.8. The molecule has 0 amide bonds. The first kappa shape index (κ1) is 20.5. The molecule has 160 valence electrons. The summed E-state index contributed by atoms with van der Waals surface area (Å²) < 4.78 is 61.7. The van der Waals surface area contributed by atoms with Crippen LogP contribution in [-0.2, 0) is 6.54 Å². The second-order valence-electron chi connectivity index (χ2n) is 6.53. The molecule has 0 spiro atoms. The van der Waals surface area contributed by atoms with Crippen LogP contribution in [0, 0.1) is 5.82 Å². The number of fused-ring (bicyclic) bond motifs is 1. The molecular weight excluding hydrogens is 418 g/mol. The molecule has 0 bridgehead atoms. The van der Waals surface area contributed by atoms with Crippen molar-refractivity contribution in [1.82, 2.24) is 14.2 Å². The lowest BCUT2D eigenvalue weighted by molar-refractivity contribution is -0.274. The molecule has 2 aromatic heterocycles. The minimum atomic E-state index is -4.76. The van der Waals surface area contributed by atoms with Crippen molar-refractivity contribution in [2.24, 2.45) is 0 Å². The van der Waals surface area contributed by atoms with Crippen LogP contribution in [0.3, 0.4) is 0 Å². The highest BCUT2D eigenvalue weighted by Gasteiger charge is 2.30. The average Bonchev–Trinajstić information content (AvgIpc) is 3.04. The molecule has 0 radical (unpaired) electrons. The number of rotatable bonds is 6. The Hall–Kier alpha value is -3.82. The molecule has 0 saturated carbocycles. The lowest BCUT2D eigenvalue weighted by atomic mass is 10.1. The minimum Gasteiger partial charge on any atom is -0.492 e. The topological polar surface area (TPSA) is 57.8 Å². The Labute approximate surface area is 172 Å². The largest absolute Gasteiger partial charge is 0.573 e. The van der Waals surface area contributed by atoms with E-state index in [1.165, 1.54) is 57.6 Å². The fourth-order valence-corrected chi connectivity index (χ4v) is 2.96. The van der Waals surface area contributed by atoms with E-state index in [9.17, 15) is 22.4 Å². The molecule has 0 aliphatic carbocycles. The maximum absolute atomic E-state index is 12.9. The summed E-state index contributed by atoms with van der Waals surface area (Å²) in [4.78, 5) is 12.6. The van der Waals surface area contributed by atoms with Crippen LogP contribution in [0.25, 0.3) is 16.8 Å². The SMILES string of the molecule is O=c1n(CCOc2ccc(F)cc2)nc2ccc(-c3ccc(OC(F)(F)F)cc3)cn12. The van der Waals surface area contributed by atoms with Crippen molar-refractivity contribution in [3.63, 3.8) is 0 Å². The third-order valence-corrected chi connectivity index (χ3v) is 4.38. The van der Waals surface area contributed by atoms with Crippen LogP contribution >= 0.6 is 0 Å². The molecule has 0 aliphatic heterocycles. The number of hydrogen-bond donors (Lipinski definition) is 0. The molecule has 4 aromatic rings. The number of aromatic nitrogens is 3. The van der Waals surface area contributed by atoms with Crippen molar-refractivity contribution in [3.05, 3.63) is 83.2 Å². The van der Waals surface area contributed by atoms with Crippen molar-refractivity contribution >= 4 is 5.65 Å². The van der Waals surface area contributed by atoms with E-state index in [-0.39, 0.29) is 24.7 Å². The summed E-state index contributed by atoms with van der Waals surface area (Å²) in [6, 6.07) is 14.2. The van der Waals surface area contributed by atoms with Crippen molar-refractivity contribution in [3.8, 4) is 22.6 Å². The summed E-state index contributed by atoms with van der Waals surface area (Å²) in [5.41, 5.74) is 1.25. The molecule has 0 fully saturated rings. The maximum atomic E-state index is 12.9. The number of ether oxygens (including phenoxy) is 2. The maximum Gasteiger partial charge on any atom is 0.573 e. The normalized spacial score (nSPS) is 11.6. The second-order valence-corrected chi connectivity index (χ2v) is 6.53. The van der Waals surface area contributed by atoms with Gasteiger partial charge < -0.3 is 9.47 Å². The van der Waals surface area contributed by atoms with Crippen LogP contribution in [-0.4, -0.2) is 27.2 Å². The highest BCUT2D eigenvalue weighted by Crippen LogP contribution is 2.26. The van der Waals surface area contributed by atoms with E-state index < -0.39 is 12.1 Å². The summed E-state index contributed by atoms with van der Waals surface area (Å²) in [6.07, 6.45) is -3.20. The van der Waals surface area contributed by atoms with Gasteiger partial charge in [0.1, 0.15) is 23.9 Å². The van der Waals surface area contributed by atoms with E-state index in [2.05, 4.69) is 9.84 Å². The predicted molar refractivity (Wildman–Crippen MR) is 103 cm³/mol. The first-order valence-corrected chi connectivity index (χ1v) is 9.12. The lowest BCUT2D eigenvalue weighted by Crippen LogP contribution is -2.24. The van der Waals surface area contributed by atoms with Crippen LogP contribution in [0.4, 0.5) is 17.6 Å². The Kier molecular flexibility index (Phi) is 5.37. The highest BCUT2D eigenvalue weighted by molar-refractivity contribution is 5.65. The summed E-state index contributed by atoms with van der Waals surface area (Å²) >= 11 is 0. The van der Waals surface area contributed by atoms with Crippen molar-refractivity contribution in [1.29, 1.82) is 0 Å². The van der Waals surface area contributed by atoms with E-state index in [0.29, 0.717) is 22.5 Å². The Balaban J connectivity index is 1.50. The fraction of sp³-hybridized carbons (Fsp3) is 0.143. The van der Waals surface area contributed by atoms with Crippen LogP contribution in [0.2, 0.25) is 0 Å². The smallest absolute Gasteiger partial charge is 0.492 e. The van der Waals surface area contributed by atoms with Gasteiger partial charge in [-0.25, -0.2) is 18.3 Å². The zero-order valence-electron chi connectivity index (χ0n) is 15.8. The summed E-state index contributed by atoms with van der Waals surface area (Å²) in [7, 11) is 0. The van der Waals surface area contributed by atoms with Crippen LogP contribution in [0.5, 0.6) is 11.5 Å². The van der Waals surface area contributed by atoms with Crippen molar-refractivity contribution in [2.45, 2.75) is 12.9 Å². The predicted octanol–water partition coefficient (Wildman–Crippen LogP) is 4.28. The molecule has 0 atom stereocenters. The first-order chi connectivity index (χ1) is 14.8. The van der Waals surface area contributed by atoms with Gasteiger partial charge in [0.15, 0.2) is 5.65 Å². The van der Waals surface area contributed by atoms with Gasteiger partial charge in [0.25, 0.3) is 0 Å². The zero-order chi connectivity index (χ0) is 22.0. The molecular formula is C21H15F4N3O3. The number of nitrogens with zero attached hydrogens (tertiary/aromatic N) is 3. The molecule has 6 nitrogen and oxygen atoms in total. The quantitative estimate of drug-likeness (QED) is 0.426. The second kappa shape index (κ2) is 8.13. The van der Waals surface area contributed by atoms with E-state index in [4.69, 9.17) is 4.74 Å². The summed E-state index contributed by atoms with van der Waals surface area (Å²) in [5, 5.41) is 4.23. The van der Waals surface area contributed by atoms with Gasteiger partial charge in [0, 0.05) is 6.20 Å². The Bertz CT molecular complexity index is 1250. The van der Waals surface area contributed by atoms with Gasteiger partial charge in [-0.3, -0.25) is 0 Å². The van der Waals surface area contributed by atoms with Gasteiger partial charge >= 0.3 is 12.1 Å². The van der Waals surface area contributed by atoms with Gasteiger partial charge in [-0.2, -0.15) is 0 Å². The molecule has 31 heavy (non-hydrogen) atoms. The highest BCUT2D eigenvalue weighted by atomic mass is 19.4. The molecule has 10 heteroatoms. The molecule has 4 rings (SSSR count). The molecule has 2 aromatic carbocycles. The Morgan fingerprint density at radius 3 is 2.19 bits per heavy atom. The van der Waals surface area contributed by atoms with E-state index in [1.807, 2.05) is 0 Å². The number of pyridine rings is 1. The number of halogens is 4. The molecule has 0 N–H and O–H groups in total. The van der Waals surface area contributed by atoms with Crippen LogP contribution < -0.4 is 15.2 Å².